The summed E-state index contributed by atoms with van der Waals surface area (Å²) in [6.07, 6.45) is 1.68. The maximum Gasteiger partial charge on any atom is 0.274 e. The maximum atomic E-state index is 13.3. The molecule has 0 unspecified atom stereocenters. The first-order chi connectivity index (χ1) is 13.8. The molecule has 0 bridgehead atoms. The Labute approximate surface area is 169 Å². The second kappa shape index (κ2) is 7.22. The molecule has 0 N–H and O–H groups in total. The fourth-order valence-corrected chi connectivity index (χ4v) is 3.66. The van der Waals surface area contributed by atoms with Gasteiger partial charge in [-0.15, -0.1) is 0 Å². The van der Waals surface area contributed by atoms with Crippen molar-refractivity contribution < 1.29 is 13.9 Å². The first-order valence-corrected chi connectivity index (χ1v) is 9.82. The van der Waals surface area contributed by atoms with Crippen molar-refractivity contribution in [3.8, 4) is 11.3 Å². The Morgan fingerprint density at radius 3 is 2.62 bits per heavy atom. The summed E-state index contributed by atoms with van der Waals surface area (Å²) in [5.74, 6) is -0.228. The maximum absolute atomic E-state index is 13.3. The SMILES string of the molecule is CC(C)c1cc(-c2ccc(F)cc2)nn2cc(C(=O)N3CCOCC3(C)C)nc12. The first kappa shape index (κ1) is 19.5. The van der Waals surface area contributed by atoms with Crippen molar-refractivity contribution in [2.45, 2.75) is 39.2 Å². The van der Waals surface area contributed by atoms with Crippen LogP contribution in [-0.4, -0.2) is 50.7 Å². The Morgan fingerprint density at radius 2 is 1.97 bits per heavy atom. The topological polar surface area (TPSA) is 59.7 Å². The van der Waals surface area contributed by atoms with Gasteiger partial charge in [-0.1, -0.05) is 13.8 Å². The number of hydrogen-bond acceptors (Lipinski definition) is 4. The molecule has 0 saturated carbocycles. The standard InChI is InChI=1S/C22H25FN4O2/c1-14(2)17-11-18(15-5-7-16(23)8-6-15)25-27-12-19(24-20(17)27)21(28)26-9-10-29-13-22(26,3)4/h5-8,11-12,14H,9-10,13H2,1-4H3. The number of nitrogens with zero attached hydrogens (tertiary/aromatic N) is 4. The molecule has 0 aliphatic carbocycles. The highest BCUT2D eigenvalue weighted by Gasteiger charge is 2.35. The molecule has 29 heavy (non-hydrogen) atoms. The van der Waals surface area contributed by atoms with Gasteiger partial charge in [-0.2, -0.15) is 5.10 Å². The first-order valence-electron chi connectivity index (χ1n) is 9.82. The fourth-order valence-electron chi connectivity index (χ4n) is 3.66. The van der Waals surface area contributed by atoms with Crippen molar-refractivity contribution in [2.75, 3.05) is 19.8 Å². The number of carbonyl (C=O) groups excluding carboxylic acids is 1. The van der Waals surface area contributed by atoms with E-state index in [4.69, 9.17) is 4.74 Å². The molecule has 3 heterocycles. The lowest BCUT2D eigenvalue weighted by atomic mass is 10.0. The van der Waals surface area contributed by atoms with Crippen LogP contribution in [-0.2, 0) is 4.74 Å². The van der Waals surface area contributed by atoms with Gasteiger partial charge in [0.05, 0.1) is 30.6 Å². The highest BCUT2D eigenvalue weighted by molar-refractivity contribution is 5.93. The fraction of sp³-hybridized carbons (Fsp3) is 0.409. The third-order valence-electron chi connectivity index (χ3n) is 5.33. The lowest BCUT2D eigenvalue weighted by Crippen LogP contribution is -2.55. The largest absolute Gasteiger partial charge is 0.377 e. The number of morpholine rings is 1. The van der Waals surface area contributed by atoms with E-state index in [0.29, 0.717) is 36.8 Å². The number of imidazole rings is 1. The molecule has 4 rings (SSSR count). The zero-order valence-corrected chi connectivity index (χ0v) is 17.1. The third-order valence-corrected chi connectivity index (χ3v) is 5.33. The van der Waals surface area contributed by atoms with Crippen molar-refractivity contribution >= 4 is 11.6 Å². The van der Waals surface area contributed by atoms with E-state index in [1.54, 1.807) is 22.8 Å². The molecular formula is C22H25FN4O2. The molecule has 152 valence electrons. The van der Waals surface area contributed by atoms with Crippen molar-refractivity contribution in [1.29, 1.82) is 0 Å². The summed E-state index contributed by atoms with van der Waals surface area (Å²) in [7, 11) is 0. The van der Waals surface area contributed by atoms with E-state index in [9.17, 15) is 9.18 Å². The van der Waals surface area contributed by atoms with E-state index in [2.05, 4.69) is 23.9 Å². The Balaban J connectivity index is 1.79. The van der Waals surface area contributed by atoms with Gasteiger partial charge < -0.3 is 9.64 Å². The van der Waals surface area contributed by atoms with Gasteiger partial charge in [0, 0.05) is 17.7 Å². The smallest absolute Gasteiger partial charge is 0.274 e. The van der Waals surface area contributed by atoms with Crippen LogP contribution in [0, 0.1) is 5.82 Å². The van der Waals surface area contributed by atoms with E-state index in [0.717, 1.165) is 11.1 Å². The van der Waals surface area contributed by atoms with Gasteiger partial charge in [-0.3, -0.25) is 4.79 Å². The van der Waals surface area contributed by atoms with E-state index in [1.165, 1.54) is 12.1 Å². The average molecular weight is 396 g/mol. The molecule has 0 atom stereocenters. The van der Waals surface area contributed by atoms with Crippen LogP contribution < -0.4 is 0 Å². The number of carbonyl (C=O) groups is 1. The number of ether oxygens (including phenoxy) is 1. The molecule has 7 heteroatoms. The number of hydrogen-bond donors (Lipinski definition) is 0. The third kappa shape index (κ3) is 3.62. The van der Waals surface area contributed by atoms with Gasteiger partial charge in [-0.25, -0.2) is 13.9 Å². The minimum atomic E-state index is -0.390. The highest BCUT2D eigenvalue weighted by atomic mass is 19.1. The lowest BCUT2D eigenvalue weighted by molar-refractivity contribution is -0.0372. The summed E-state index contributed by atoms with van der Waals surface area (Å²) in [6, 6.07) is 8.20. The summed E-state index contributed by atoms with van der Waals surface area (Å²) in [4.78, 5) is 19.6. The highest BCUT2D eigenvalue weighted by Crippen LogP contribution is 2.27. The van der Waals surface area contributed by atoms with Crippen LogP contribution in [0.5, 0.6) is 0 Å². The monoisotopic (exact) mass is 396 g/mol. The Bertz CT molecular complexity index is 1060. The lowest BCUT2D eigenvalue weighted by Gasteiger charge is -2.41. The van der Waals surface area contributed by atoms with Crippen LogP contribution in [0.25, 0.3) is 16.9 Å². The molecule has 0 radical (unpaired) electrons. The summed E-state index contributed by atoms with van der Waals surface area (Å²) >= 11 is 0. The summed E-state index contributed by atoms with van der Waals surface area (Å²) in [5.41, 5.74) is 3.15. The number of aromatic nitrogens is 3. The Morgan fingerprint density at radius 1 is 1.24 bits per heavy atom. The van der Waals surface area contributed by atoms with Crippen LogP contribution >= 0.6 is 0 Å². The van der Waals surface area contributed by atoms with Gasteiger partial charge in [0.1, 0.15) is 11.5 Å². The number of benzene rings is 1. The second-order valence-electron chi connectivity index (χ2n) is 8.36. The van der Waals surface area contributed by atoms with Gasteiger partial charge in [-0.05, 0) is 50.1 Å². The van der Waals surface area contributed by atoms with Crippen LogP contribution in [0.1, 0.15) is 49.7 Å². The second-order valence-corrected chi connectivity index (χ2v) is 8.36. The summed E-state index contributed by atoms with van der Waals surface area (Å²) in [6.45, 7) is 9.68. The van der Waals surface area contributed by atoms with Crippen molar-refractivity contribution in [3.05, 3.63) is 53.6 Å². The molecule has 1 amide bonds. The zero-order chi connectivity index (χ0) is 20.8. The minimum Gasteiger partial charge on any atom is -0.377 e. The van der Waals surface area contributed by atoms with E-state index in [1.807, 2.05) is 24.8 Å². The molecule has 2 aromatic heterocycles. The van der Waals surface area contributed by atoms with Gasteiger partial charge >= 0.3 is 0 Å². The van der Waals surface area contributed by atoms with Crippen molar-refractivity contribution in [1.82, 2.24) is 19.5 Å². The number of fused-ring (bicyclic) bond motifs is 1. The van der Waals surface area contributed by atoms with E-state index in [-0.39, 0.29) is 17.6 Å². The van der Waals surface area contributed by atoms with Crippen molar-refractivity contribution in [2.24, 2.45) is 0 Å². The molecule has 1 fully saturated rings. The molecule has 1 aliphatic rings. The number of rotatable bonds is 3. The van der Waals surface area contributed by atoms with Crippen LogP contribution in [0.2, 0.25) is 0 Å². The molecule has 3 aromatic rings. The van der Waals surface area contributed by atoms with E-state index >= 15 is 0 Å². The van der Waals surface area contributed by atoms with E-state index < -0.39 is 5.54 Å². The van der Waals surface area contributed by atoms with Gasteiger partial charge in [0.2, 0.25) is 0 Å². The normalized spacial score (nSPS) is 16.6. The van der Waals surface area contributed by atoms with Gasteiger partial charge in [0.25, 0.3) is 5.91 Å². The quantitative estimate of drug-likeness (QED) is 0.674. The van der Waals surface area contributed by atoms with Crippen LogP contribution in [0.3, 0.4) is 0 Å². The summed E-state index contributed by atoms with van der Waals surface area (Å²) in [5, 5.41) is 4.64. The Hall–Kier alpha value is -2.80. The zero-order valence-electron chi connectivity index (χ0n) is 17.1. The predicted molar refractivity (Wildman–Crippen MR) is 108 cm³/mol. The molecule has 1 saturated heterocycles. The Kier molecular flexibility index (Phi) is 4.86. The molecule has 0 spiro atoms. The predicted octanol–water partition coefficient (Wildman–Crippen LogP) is 3.91. The molecule has 1 aromatic carbocycles. The molecule has 6 nitrogen and oxygen atoms in total. The number of amides is 1. The van der Waals surface area contributed by atoms with Gasteiger partial charge in [0.15, 0.2) is 5.65 Å². The van der Waals surface area contributed by atoms with Crippen LogP contribution in [0.15, 0.2) is 36.5 Å². The van der Waals surface area contributed by atoms with Crippen LogP contribution in [0.4, 0.5) is 4.39 Å². The molecule has 1 aliphatic heterocycles. The molecular weight excluding hydrogens is 371 g/mol. The number of halogens is 1. The average Bonchev–Trinajstić information content (AvgIpc) is 3.11. The summed E-state index contributed by atoms with van der Waals surface area (Å²) < 4.78 is 20.5. The minimum absolute atomic E-state index is 0.123. The van der Waals surface area contributed by atoms with Crippen molar-refractivity contribution in [3.63, 3.8) is 0 Å².